The smallest absolute Gasteiger partial charge is 0.227 e. The van der Waals surface area contributed by atoms with Crippen molar-refractivity contribution < 1.29 is 4.79 Å². The maximum absolute atomic E-state index is 12.2. The van der Waals surface area contributed by atoms with E-state index in [9.17, 15) is 4.79 Å². The minimum atomic E-state index is 0.151. The summed E-state index contributed by atoms with van der Waals surface area (Å²) in [6.45, 7) is 4.20. The summed E-state index contributed by atoms with van der Waals surface area (Å²) in [4.78, 5) is 16.5. The fourth-order valence-corrected chi connectivity index (χ4v) is 2.75. The number of aryl methyl sites for hydroxylation is 1. The van der Waals surface area contributed by atoms with Gasteiger partial charge in [-0.2, -0.15) is 0 Å². The molecule has 2 aromatic rings. The lowest BCUT2D eigenvalue weighted by atomic mass is 10.0. The van der Waals surface area contributed by atoms with Crippen molar-refractivity contribution >= 4 is 11.6 Å². The Morgan fingerprint density at radius 3 is 2.86 bits per heavy atom. The molecule has 1 aromatic carbocycles. The monoisotopic (exact) mass is 280 g/mol. The van der Waals surface area contributed by atoms with Gasteiger partial charge in [-0.15, -0.1) is 0 Å². The summed E-state index contributed by atoms with van der Waals surface area (Å²) in [5.74, 6) is 0.929. The average Bonchev–Trinajstić information content (AvgIpc) is 3.30. The second-order valence-electron chi connectivity index (χ2n) is 5.74. The number of carbonyl (C=O) groups excluding carboxylic acids is 1. The molecule has 0 bridgehead atoms. The Morgan fingerprint density at radius 1 is 1.33 bits per heavy atom. The number of pyridine rings is 1. The van der Waals surface area contributed by atoms with Gasteiger partial charge in [-0.1, -0.05) is 25.5 Å². The lowest BCUT2D eigenvalue weighted by Crippen LogP contribution is -2.14. The molecule has 0 spiro atoms. The number of rotatable bonds is 4. The molecule has 3 nitrogen and oxygen atoms in total. The zero-order chi connectivity index (χ0) is 14.8. The fraction of sp³-hybridized carbons (Fsp3) is 0.333. The molecule has 0 saturated heterocycles. The molecule has 3 heteroatoms. The lowest BCUT2D eigenvalue weighted by molar-refractivity contribution is -0.117. The molecule has 2 atom stereocenters. The predicted octanol–water partition coefficient (Wildman–Crippen LogP) is 4.04. The summed E-state index contributed by atoms with van der Waals surface area (Å²) in [7, 11) is 0. The third-order valence-corrected chi connectivity index (χ3v) is 4.23. The van der Waals surface area contributed by atoms with Crippen molar-refractivity contribution in [2.75, 3.05) is 5.32 Å². The van der Waals surface area contributed by atoms with E-state index < -0.39 is 0 Å². The Labute approximate surface area is 125 Å². The van der Waals surface area contributed by atoms with Crippen LogP contribution in [0.4, 0.5) is 5.69 Å². The van der Waals surface area contributed by atoms with Gasteiger partial charge in [0.25, 0.3) is 0 Å². The molecular weight excluding hydrogens is 260 g/mol. The first-order valence-corrected chi connectivity index (χ1v) is 7.52. The number of anilines is 1. The molecule has 0 unspecified atom stereocenters. The van der Waals surface area contributed by atoms with E-state index in [-0.39, 0.29) is 11.8 Å². The predicted molar refractivity (Wildman–Crippen MR) is 84.9 cm³/mol. The highest BCUT2D eigenvalue weighted by Gasteiger charge is 2.41. The van der Waals surface area contributed by atoms with Gasteiger partial charge in [-0.3, -0.25) is 9.78 Å². The minimum absolute atomic E-state index is 0.151. The molecule has 1 saturated carbocycles. The molecule has 1 fully saturated rings. The number of aromatic nitrogens is 1. The van der Waals surface area contributed by atoms with Crippen LogP contribution in [0.3, 0.4) is 0 Å². The van der Waals surface area contributed by atoms with Gasteiger partial charge in [-0.05, 0) is 49.1 Å². The Bertz CT molecular complexity index is 652. The molecule has 0 radical (unpaired) electrons. The summed E-state index contributed by atoms with van der Waals surface area (Å²) in [5.41, 5.74) is 4.01. The molecule has 108 valence electrons. The molecule has 3 rings (SSSR count). The Hall–Kier alpha value is -2.16. The van der Waals surface area contributed by atoms with Crippen molar-refractivity contribution in [3.63, 3.8) is 0 Å². The van der Waals surface area contributed by atoms with Gasteiger partial charge < -0.3 is 5.32 Å². The standard InChI is InChI=1S/C18H20N2O/c1-3-13-10-16(13)18(21)20-14-8-7-12(2)15(11-14)17-6-4-5-9-19-17/h4-9,11,13,16H,3,10H2,1-2H3,(H,20,21)/t13-,16+/m0/s1. The molecular formula is C18H20N2O. The summed E-state index contributed by atoms with van der Waals surface area (Å²) < 4.78 is 0. The van der Waals surface area contributed by atoms with E-state index in [1.807, 2.05) is 36.4 Å². The molecule has 1 heterocycles. The van der Waals surface area contributed by atoms with E-state index >= 15 is 0 Å². The van der Waals surface area contributed by atoms with Crippen LogP contribution in [0.1, 0.15) is 25.3 Å². The van der Waals surface area contributed by atoms with Crippen LogP contribution in [0.2, 0.25) is 0 Å². The zero-order valence-electron chi connectivity index (χ0n) is 12.5. The molecule has 1 amide bonds. The highest BCUT2D eigenvalue weighted by molar-refractivity contribution is 5.95. The van der Waals surface area contributed by atoms with Crippen molar-refractivity contribution in [2.45, 2.75) is 26.7 Å². The summed E-state index contributed by atoms with van der Waals surface area (Å²) in [6, 6.07) is 11.9. The molecule has 1 aliphatic carbocycles. The number of benzene rings is 1. The maximum atomic E-state index is 12.2. The lowest BCUT2D eigenvalue weighted by Gasteiger charge is -2.10. The average molecular weight is 280 g/mol. The van der Waals surface area contributed by atoms with E-state index in [1.54, 1.807) is 6.20 Å². The van der Waals surface area contributed by atoms with E-state index in [1.165, 1.54) is 0 Å². The third-order valence-electron chi connectivity index (χ3n) is 4.23. The number of hydrogen-bond donors (Lipinski definition) is 1. The highest BCUT2D eigenvalue weighted by atomic mass is 16.2. The normalized spacial score (nSPS) is 20.1. The van der Waals surface area contributed by atoms with E-state index in [0.717, 1.165) is 35.3 Å². The van der Waals surface area contributed by atoms with Gasteiger partial charge in [0.05, 0.1) is 5.69 Å². The van der Waals surface area contributed by atoms with Gasteiger partial charge in [-0.25, -0.2) is 0 Å². The number of nitrogens with zero attached hydrogens (tertiary/aromatic N) is 1. The van der Waals surface area contributed by atoms with Gasteiger partial charge in [0.1, 0.15) is 0 Å². The minimum Gasteiger partial charge on any atom is -0.326 e. The number of carbonyl (C=O) groups is 1. The first kappa shape index (κ1) is 13.8. The number of nitrogens with one attached hydrogen (secondary N) is 1. The van der Waals surface area contributed by atoms with Crippen LogP contribution in [-0.2, 0) is 4.79 Å². The Kier molecular flexibility index (Phi) is 3.74. The highest BCUT2D eigenvalue weighted by Crippen LogP contribution is 2.41. The summed E-state index contributed by atoms with van der Waals surface area (Å²) in [5, 5.41) is 3.04. The quantitative estimate of drug-likeness (QED) is 0.918. The van der Waals surface area contributed by atoms with Gasteiger partial charge in [0, 0.05) is 23.4 Å². The van der Waals surface area contributed by atoms with Gasteiger partial charge in [0.15, 0.2) is 0 Å². The van der Waals surface area contributed by atoms with Crippen LogP contribution in [-0.4, -0.2) is 10.9 Å². The number of hydrogen-bond acceptors (Lipinski definition) is 2. The fourth-order valence-electron chi connectivity index (χ4n) is 2.75. The first-order valence-electron chi connectivity index (χ1n) is 7.52. The number of amides is 1. The second kappa shape index (κ2) is 5.68. The van der Waals surface area contributed by atoms with Crippen LogP contribution in [0.5, 0.6) is 0 Å². The van der Waals surface area contributed by atoms with Crippen molar-refractivity contribution in [3.8, 4) is 11.3 Å². The SMILES string of the molecule is CC[C@H]1C[C@H]1C(=O)Nc1ccc(C)c(-c2ccccn2)c1. The summed E-state index contributed by atoms with van der Waals surface area (Å²) in [6.07, 6.45) is 3.91. The van der Waals surface area contributed by atoms with Gasteiger partial charge >= 0.3 is 0 Å². The summed E-state index contributed by atoms with van der Waals surface area (Å²) >= 11 is 0. The van der Waals surface area contributed by atoms with Gasteiger partial charge in [0.2, 0.25) is 5.91 Å². The maximum Gasteiger partial charge on any atom is 0.227 e. The van der Waals surface area contributed by atoms with Crippen molar-refractivity contribution in [1.29, 1.82) is 0 Å². The first-order chi connectivity index (χ1) is 10.2. The van der Waals surface area contributed by atoms with Crippen molar-refractivity contribution in [3.05, 3.63) is 48.2 Å². The third kappa shape index (κ3) is 2.97. The second-order valence-corrected chi connectivity index (χ2v) is 5.74. The van der Waals surface area contributed by atoms with Crippen LogP contribution in [0.25, 0.3) is 11.3 Å². The van der Waals surface area contributed by atoms with E-state index in [4.69, 9.17) is 0 Å². The van der Waals surface area contributed by atoms with E-state index in [2.05, 4.69) is 24.1 Å². The van der Waals surface area contributed by atoms with Crippen molar-refractivity contribution in [2.24, 2.45) is 11.8 Å². The molecule has 1 aliphatic rings. The van der Waals surface area contributed by atoms with E-state index in [0.29, 0.717) is 5.92 Å². The van der Waals surface area contributed by atoms with Crippen LogP contribution >= 0.6 is 0 Å². The zero-order valence-corrected chi connectivity index (χ0v) is 12.5. The largest absolute Gasteiger partial charge is 0.326 e. The van der Waals surface area contributed by atoms with Crippen molar-refractivity contribution in [1.82, 2.24) is 4.98 Å². The van der Waals surface area contributed by atoms with Crippen LogP contribution in [0.15, 0.2) is 42.6 Å². The Balaban J connectivity index is 1.80. The topological polar surface area (TPSA) is 42.0 Å². The Morgan fingerprint density at radius 2 is 2.19 bits per heavy atom. The molecule has 1 aromatic heterocycles. The molecule has 1 N–H and O–H groups in total. The molecule has 21 heavy (non-hydrogen) atoms. The van der Waals surface area contributed by atoms with Crippen LogP contribution in [0, 0.1) is 18.8 Å². The molecule has 0 aliphatic heterocycles. The van der Waals surface area contributed by atoms with Crippen LogP contribution < -0.4 is 5.32 Å².